The van der Waals surface area contributed by atoms with Crippen molar-refractivity contribution in [2.24, 2.45) is 23.7 Å². The number of para-hydroxylation sites is 2. The van der Waals surface area contributed by atoms with Crippen molar-refractivity contribution in [1.29, 1.82) is 0 Å². The van der Waals surface area contributed by atoms with Crippen LogP contribution in [0, 0.1) is 23.7 Å². The van der Waals surface area contributed by atoms with Crippen molar-refractivity contribution >= 4 is 38.9 Å². The first-order valence-electron chi connectivity index (χ1n) is 23.1. The van der Waals surface area contributed by atoms with Gasteiger partial charge in [-0.3, -0.25) is 0 Å². The summed E-state index contributed by atoms with van der Waals surface area (Å²) in [7, 11) is 0. The molecular weight excluding hydrogens is 725 g/mol. The van der Waals surface area contributed by atoms with E-state index in [1.54, 1.807) is 16.7 Å². The third-order valence-electron chi connectivity index (χ3n) is 16.9. The van der Waals surface area contributed by atoms with Crippen LogP contribution in [0.1, 0.15) is 86.5 Å². The molecule has 1 aromatic heterocycles. The second-order valence-corrected chi connectivity index (χ2v) is 19.6. The number of anilines is 3. The molecule has 2 spiro atoms. The first kappa shape index (κ1) is 33.9. The molecule has 1 heterocycles. The van der Waals surface area contributed by atoms with Gasteiger partial charge in [0.25, 0.3) is 0 Å². The summed E-state index contributed by atoms with van der Waals surface area (Å²) in [6, 6.07) is 61.2. The Morgan fingerprint density at radius 1 is 0.417 bits per heavy atom. The summed E-state index contributed by atoms with van der Waals surface area (Å²) in [5, 5.41) is 2.58. The fraction of sp³-hybridized carbons (Fsp3) is 0.276. The Hall–Kier alpha value is -5.86. The van der Waals surface area contributed by atoms with E-state index in [0.29, 0.717) is 0 Å². The highest BCUT2D eigenvalue weighted by molar-refractivity contribution is 6.09. The van der Waals surface area contributed by atoms with Crippen LogP contribution in [0.4, 0.5) is 17.1 Å². The van der Waals surface area contributed by atoms with Crippen LogP contribution >= 0.6 is 0 Å². The van der Waals surface area contributed by atoms with E-state index in [-0.39, 0.29) is 10.8 Å². The van der Waals surface area contributed by atoms with Gasteiger partial charge < -0.3 is 9.47 Å². The minimum atomic E-state index is 0.133. The molecule has 2 nitrogen and oxygen atoms in total. The number of aromatic nitrogens is 1. The molecule has 7 aliphatic carbocycles. The number of hydrogen-bond donors (Lipinski definition) is 0. The second kappa shape index (κ2) is 12.4. The van der Waals surface area contributed by atoms with Crippen molar-refractivity contribution in [3.8, 4) is 27.9 Å². The molecule has 0 atom stereocenters. The highest BCUT2D eigenvalue weighted by atomic mass is 15.1. The molecule has 5 saturated carbocycles. The van der Waals surface area contributed by atoms with E-state index in [1.807, 2.05) is 0 Å². The first-order chi connectivity index (χ1) is 29.7. The Bertz CT molecular complexity index is 2980. The van der Waals surface area contributed by atoms with E-state index in [9.17, 15) is 0 Å². The van der Waals surface area contributed by atoms with E-state index >= 15 is 0 Å². The van der Waals surface area contributed by atoms with Crippen molar-refractivity contribution < 1.29 is 0 Å². The summed E-state index contributed by atoms with van der Waals surface area (Å²) in [5.41, 5.74) is 19.7. The highest BCUT2D eigenvalue weighted by Gasteiger charge is 2.61. The Balaban J connectivity index is 0.986. The van der Waals surface area contributed by atoms with Crippen LogP contribution in [-0.4, -0.2) is 4.57 Å². The van der Waals surface area contributed by atoms with Crippen LogP contribution in [-0.2, 0) is 10.8 Å². The number of rotatable bonds is 4. The lowest BCUT2D eigenvalue weighted by Gasteiger charge is -2.61. The van der Waals surface area contributed by atoms with Gasteiger partial charge in [-0.15, -0.1) is 0 Å². The first-order valence-corrected chi connectivity index (χ1v) is 23.1. The Kier molecular flexibility index (Phi) is 6.98. The molecule has 8 aromatic rings. The SMILES string of the molecule is c1cc(N(c2ccc3c(c2)-c2ccccc2C32CCCCC2)c2ccc3c(c2)-c2ccccc2C32C3CC4CC(C3)CC2C4)cc(-n2c3ccccc3c3ccccc32)c1. The van der Waals surface area contributed by atoms with E-state index < -0.39 is 0 Å². The summed E-state index contributed by atoms with van der Waals surface area (Å²) in [5.74, 6) is 3.38. The zero-order chi connectivity index (χ0) is 39.2. The van der Waals surface area contributed by atoms with Gasteiger partial charge in [0.15, 0.2) is 0 Å². The topological polar surface area (TPSA) is 8.17 Å². The summed E-state index contributed by atoms with van der Waals surface area (Å²) in [6.07, 6.45) is 13.5. The Morgan fingerprint density at radius 2 is 0.933 bits per heavy atom. The molecule has 0 N–H and O–H groups in total. The molecule has 0 radical (unpaired) electrons. The van der Waals surface area contributed by atoms with Gasteiger partial charge in [-0.2, -0.15) is 0 Å². The van der Waals surface area contributed by atoms with Gasteiger partial charge in [0.05, 0.1) is 11.0 Å². The predicted octanol–water partition coefficient (Wildman–Crippen LogP) is 15.2. The average molecular weight is 775 g/mol. The van der Waals surface area contributed by atoms with E-state index in [4.69, 9.17) is 0 Å². The summed E-state index contributed by atoms with van der Waals surface area (Å²) >= 11 is 0. The van der Waals surface area contributed by atoms with Crippen molar-refractivity contribution in [2.75, 3.05) is 4.90 Å². The number of nitrogens with zero attached hydrogens (tertiary/aromatic N) is 2. The maximum atomic E-state index is 2.59. The standard InChI is InChI=1S/C58H50N2/c1-10-27-57(28-11-1)51-19-6-2-15-45(51)49-35-43(23-25-52(49)57)59(41-13-12-14-42(34-41)60-55-21-8-4-17-47(55)48-18-5-9-22-56(48)60)44-24-26-54-50(36-44)46-16-3-7-20-53(46)58(54)39-30-37-29-38(32-39)33-40(58)31-37/h2-9,12-26,34-40H,1,10-11,27-33H2. The minimum Gasteiger partial charge on any atom is -0.310 e. The molecule has 292 valence electrons. The van der Waals surface area contributed by atoms with Gasteiger partial charge in [0, 0.05) is 44.4 Å². The smallest absolute Gasteiger partial charge is 0.0541 e. The van der Waals surface area contributed by atoms with Crippen LogP contribution < -0.4 is 4.90 Å². The number of benzene rings is 7. The molecule has 5 fully saturated rings. The van der Waals surface area contributed by atoms with Crippen molar-refractivity contribution in [1.82, 2.24) is 4.57 Å². The second-order valence-electron chi connectivity index (χ2n) is 19.6. The zero-order valence-corrected chi connectivity index (χ0v) is 34.3. The molecule has 2 heteroatoms. The maximum Gasteiger partial charge on any atom is 0.0541 e. The summed E-state index contributed by atoms with van der Waals surface area (Å²) in [4.78, 5) is 2.58. The predicted molar refractivity (Wildman–Crippen MR) is 248 cm³/mol. The third kappa shape index (κ3) is 4.40. The van der Waals surface area contributed by atoms with Gasteiger partial charge >= 0.3 is 0 Å². The quantitative estimate of drug-likeness (QED) is 0.173. The van der Waals surface area contributed by atoms with Crippen molar-refractivity contribution in [3.05, 3.63) is 180 Å². The largest absolute Gasteiger partial charge is 0.310 e. The van der Waals surface area contributed by atoms with E-state index in [0.717, 1.165) is 23.7 Å². The van der Waals surface area contributed by atoms with E-state index in [2.05, 4.69) is 167 Å². The van der Waals surface area contributed by atoms with Crippen molar-refractivity contribution in [2.45, 2.75) is 75.0 Å². The lowest BCUT2D eigenvalue weighted by Crippen LogP contribution is -2.55. The van der Waals surface area contributed by atoms with Crippen LogP contribution in [0.3, 0.4) is 0 Å². The molecule has 0 unspecified atom stereocenters. The fourth-order valence-corrected chi connectivity index (χ4v) is 15.0. The molecule has 0 aliphatic heterocycles. The molecule has 7 aliphatic rings. The highest BCUT2D eigenvalue weighted by Crippen LogP contribution is 2.69. The molecule has 7 aromatic carbocycles. The summed E-state index contributed by atoms with van der Waals surface area (Å²) in [6.45, 7) is 0. The molecule has 0 amide bonds. The maximum absolute atomic E-state index is 2.59. The molecule has 60 heavy (non-hydrogen) atoms. The Labute approximate surface area is 353 Å². The average Bonchev–Trinajstić information content (AvgIpc) is 3.88. The molecule has 0 saturated heterocycles. The van der Waals surface area contributed by atoms with Crippen molar-refractivity contribution in [3.63, 3.8) is 0 Å². The molecule has 15 rings (SSSR count). The van der Waals surface area contributed by atoms with Crippen LogP contribution in [0.5, 0.6) is 0 Å². The third-order valence-corrected chi connectivity index (χ3v) is 16.9. The van der Waals surface area contributed by atoms with Gasteiger partial charge in [-0.1, -0.05) is 122 Å². The lowest BCUT2D eigenvalue weighted by molar-refractivity contribution is -0.0399. The van der Waals surface area contributed by atoms with Crippen LogP contribution in [0.25, 0.3) is 49.7 Å². The van der Waals surface area contributed by atoms with E-state index in [1.165, 1.54) is 137 Å². The lowest BCUT2D eigenvalue weighted by atomic mass is 9.43. The monoisotopic (exact) mass is 774 g/mol. The van der Waals surface area contributed by atoms with Gasteiger partial charge in [-0.05, 0) is 168 Å². The summed E-state index contributed by atoms with van der Waals surface area (Å²) < 4.78 is 2.47. The number of fused-ring (bicyclic) bond motifs is 11. The normalized spacial score (nSPS) is 24.9. The fourth-order valence-electron chi connectivity index (χ4n) is 15.0. The zero-order valence-electron chi connectivity index (χ0n) is 34.3. The van der Waals surface area contributed by atoms with Gasteiger partial charge in [0.1, 0.15) is 0 Å². The molecule has 4 bridgehead atoms. The van der Waals surface area contributed by atoms with Gasteiger partial charge in [0.2, 0.25) is 0 Å². The van der Waals surface area contributed by atoms with Crippen LogP contribution in [0.15, 0.2) is 158 Å². The van der Waals surface area contributed by atoms with Gasteiger partial charge in [-0.25, -0.2) is 0 Å². The number of hydrogen-bond acceptors (Lipinski definition) is 1. The van der Waals surface area contributed by atoms with Crippen LogP contribution in [0.2, 0.25) is 0 Å². The molecular formula is C58H50N2. The Morgan fingerprint density at radius 3 is 1.62 bits per heavy atom. The minimum absolute atomic E-state index is 0.133.